The summed E-state index contributed by atoms with van der Waals surface area (Å²) < 4.78 is 17.1. The van der Waals surface area contributed by atoms with E-state index in [-0.39, 0.29) is 52.7 Å². The van der Waals surface area contributed by atoms with Crippen LogP contribution in [0, 0.1) is 23.2 Å². The number of aliphatic carboxylic acids is 1. The molecule has 12 heteroatoms. The number of allylic oxidation sites excluding steroid dienone is 1. The average Bonchev–Trinajstić information content (AvgIpc) is 2.93. The average molecular weight is 566 g/mol. The summed E-state index contributed by atoms with van der Waals surface area (Å²) in [5, 5.41) is 51.8. The summed E-state index contributed by atoms with van der Waals surface area (Å²) in [7, 11) is 1.56. The van der Waals surface area contributed by atoms with Crippen molar-refractivity contribution in [3.63, 3.8) is 0 Å². The molecule has 1 aromatic rings. The zero-order chi connectivity index (χ0) is 27.5. The first kappa shape index (κ1) is 29.9. The molecule has 3 aliphatic carbocycles. The third-order valence-corrected chi connectivity index (χ3v) is 9.34. The fraction of sp³-hybridized carbons (Fsp3) is 0.643. The van der Waals surface area contributed by atoms with Crippen LogP contribution in [-0.2, 0) is 29.8 Å². The van der Waals surface area contributed by atoms with Crippen molar-refractivity contribution in [1.29, 1.82) is 5.26 Å². The fourth-order valence-electron chi connectivity index (χ4n) is 7.52. The Bertz CT molecular complexity index is 1230. The molecule has 3 fully saturated rings. The third-order valence-electron chi connectivity index (χ3n) is 9.34. The number of carboxylic acids is 1. The zero-order valence-corrected chi connectivity index (χ0v) is 24.6. The molecular formula is C28H32NNaO10. The topological polar surface area (TPSA) is 171 Å². The molecule has 0 radical (unpaired) electrons. The largest absolute Gasteiger partial charge is 1.00 e. The van der Waals surface area contributed by atoms with Crippen LogP contribution < -0.4 is 39.4 Å². The van der Waals surface area contributed by atoms with Gasteiger partial charge in [-0.25, -0.2) is 4.89 Å². The second-order valence-electron chi connectivity index (χ2n) is 11.2. The monoisotopic (exact) mass is 565 g/mol. The number of aliphatic hydroxyl groups excluding tert-OH is 3. The van der Waals surface area contributed by atoms with Crippen LogP contribution >= 0.6 is 0 Å². The molecule has 2 bridgehead atoms. The van der Waals surface area contributed by atoms with E-state index < -0.39 is 48.1 Å². The molecule has 2 saturated heterocycles. The van der Waals surface area contributed by atoms with Crippen molar-refractivity contribution in [2.45, 2.75) is 93.5 Å². The van der Waals surface area contributed by atoms with E-state index in [0.717, 1.165) is 44.9 Å². The van der Waals surface area contributed by atoms with E-state index >= 15 is 0 Å². The van der Waals surface area contributed by atoms with E-state index in [1.165, 1.54) is 29.7 Å². The van der Waals surface area contributed by atoms with Gasteiger partial charge in [0.15, 0.2) is 5.60 Å². The van der Waals surface area contributed by atoms with Crippen LogP contribution in [0.4, 0.5) is 0 Å². The molecule has 1 saturated carbocycles. The second kappa shape index (κ2) is 11.3. The number of rotatable bonds is 5. The number of carbonyl (C=O) groups excluding carboxylic acids is 1. The normalized spacial score (nSPS) is 40.3. The first-order valence-corrected chi connectivity index (χ1v) is 13.5. The molecule has 3 N–H and O–H groups in total. The van der Waals surface area contributed by atoms with Crippen LogP contribution in [0.2, 0.25) is 0 Å². The number of ether oxygens (including phenoxy) is 3. The maximum absolute atomic E-state index is 11.4. The predicted octanol–water partition coefficient (Wildman–Crippen LogP) is -2.31. The van der Waals surface area contributed by atoms with Crippen molar-refractivity contribution in [3.05, 3.63) is 40.5 Å². The number of hydrogen-bond donors (Lipinski definition) is 3. The Labute approximate surface area is 253 Å². The Morgan fingerprint density at radius 1 is 1.10 bits per heavy atom. The van der Waals surface area contributed by atoms with Crippen LogP contribution in [0.25, 0.3) is 0 Å². The van der Waals surface area contributed by atoms with Crippen LogP contribution in [-0.4, -0.2) is 64.7 Å². The van der Waals surface area contributed by atoms with Gasteiger partial charge in [-0.2, -0.15) is 10.1 Å². The summed E-state index contributed by atoms with van der Waals surface area (Å²) in [6.45, 7) is 0. The second-order valence-corrected chi connectivity index (χ2v) is 11.2. The molecule has 0 amide bonds. The predicted molar refractivity (Wildman–Crippen MR) is 128 cm³/mol. The summed E-state index contributed by atoms with van der Waals surface area (Å²) in [6, 6.07) is 6.77. The smallest absolute Gasteiger partial charge is 0.547 e. The van der Waals surface area contributed by atoms with Crippen molar-refractivity contribution in [2.24, 2.45) is 11.8 Å². The first-order chi connectivity index (χ1) is 18.8. The minimum atomic E-state index is -1.95. The maximum atomic E-state index is 11.4. The Balaban J connectivity index is 0.00000323. The van der Waals surface area contributed by atoms with Crippen LogP contribution in [0.5, 0.6) is 5.75 Å². The van der Waals surface area contributed by atoms with Crippen molar-refractivity contribution in [1.82, 2.24) is 0 Å². The van der Waals surface area contributed by atoms with Gasteiger partial charge in [0.1, 0.15) is 36.2 Å². The molecule has 1 spiro atoms. The number of hydrogen-bond acceptors (Lipinski definition) is 11. The van der Waals surface area contributed by atoms with E-state index in [9.17, 15) is 30.5 Å². The third kappa shape index (κ3) is 4.28. The molecule has 5 aliphatic rings. The van der Waals surface area contributed by atoms with Gasteiger partial charge in [0.05, 0.1) is 11.5 Å². The van der Waals surface area contributed by atoms with Crippen LogP contribution in [0.1, 0.15) is 62.5 Å². The quantitative estimate of drug-likeness (QED) is 0.199. The van der Waals surface area contributed by atoms with Crippen molar-refractivity contribution in [2.75, 3.05) is 7.11 Å². The van der Waals surface area contributed by atoms with Crippen molar-refractivity contribution >= 4 is 5.97 Å². The first-order valence-electron chi connectivity index (χ1n) is 13.5. The molecule has 2 heterocycles. The Kier molecular flexibility index (Phi) is 8.42. The fourth-order valence-corrected chi connectivity index (χ4v) is 7.52. The van der Waals surface area contributed by atoms with Gasteiger partial charge < -0.3 is 39.4 Å². The van der Waals surface area contributed by atoms with Gasteiger partial charge in [-0.1, -0.05) is 23.6 Å². The number of methoxy groups -OCH3 is 1. The molecule has 6 rings (SSSR count). The molecule has 210 valence electrons. The van der Waals surface area contributed by atoms with Crippen LogP contribution in [0.3, 0.4) is 0 Å². The van der Waals surface area contributed by atoms with Crippen molar-refractivity contribution < 1.29 is 78.8 Å². The van der Waals surface area contributed by atoms with E-state index in [2.05, 4.69) is 0 Å². The number of aliphatic hydroxyl groups is 3. The number of carboxylic acid groups (broad SMARTS) is 1. The summed E-state index contributed by atoms with van der Waals surface area (Å²) in [4.78, 5) is 23.4. The SMILES string of the molecule is COC1(c2ccc(C#N)c(O[C@@H]3OC(C(=O)[O-])[C@@H](O)C(O)[C@@H]3O)c2)OOC12C1CCCC2C2=C(CCCC2)C1.[Na+]. The summed E-state index contributed by atoms with van der Waals surface area (Å²) in [6.07, 6.45) is -0.827. The Morgan fingerprint density at radius 3 is 2.55 bits per heavy atom. The van der Waals surface area contributed by atoms with E-state index in [0.29, 0.717) is 5.56 Å². The number of nitriles is 1. The van der Waals surface area contributed by atoms with E-state index in [1.54, 1.807) is 13.2 Å². The molecule has 6 unspecified atom stereocenters. The standard InChI is InChI=1S/C28H33NO10.Na/c1-35-28(27(38-39-28)16-6-4-8-19(27)18-7-3-2-5-14(18)11-16)17-10-9-15(13-29)20(12-17)36-26-23(32)21(30)22(31)24(37-26)25(33)34;/h9-10,12,16,19,21-24,26,30-32H,2-8,11H2,1H3,(H,33,34);/q;+1/p-1/t16?,19?,21?,22-,23-,24?,26+,27?,28?;/m0./s1. The molecule has 40 heavy (non-hydrogen) atoms. The summed E-state index contributed by atoms with van der Waals surface area (Å²) in [5.74, 6) is -2.82. The Morgan fingerprint density at radius 2 is 1.88 bits per heavy atom. The molecule has 0 aromatic heterocycles. The van der Waals surface area contributed by atoms with Gasteiger partial charge >= 0.3 is 29.6 Å². The number of benzene rings is 1. The number of fused-ring (bicyclic) bond motifs is 1. The minimum Gasteiger partial charge on any atom is -0.547 e. The molecule has 9 atom stereocenters. The van der Waals surface area contributed by atoms with Crippen LogP contribution in [0.15, 0.2) is 29.3 Å². The van der Waals surface area contributed by atoms with Gasteiger partial charge in [-0.3, -0.25) is 0 Å². The van der Waals surface area contributed by atoms with Gasteiger partial charge in [-0.15, -0.1) is 0 Å². The maximum Gasteiger partial charge on any atom is 1.00 e. The van der Waals surface area contributed by atoms with E-state index in [4.69, 9.17) is 24.0 Å². The molecular weight excluding hydrogens is 533 g/mol. The van der Waals surface area contributed by atoms with Gasteiger partial charge in [-0.05, 0) is 57.1 Å². The van der Waals surface area contributed by atoms with Gasteiger partial charge in [0.2, 0.25) is 6.29 Å². The summed E-state index contributed by atoms with van der Waals surface area (Å²) >= 11 is 0. The summed E-state index contributed by atoms with van der Waals surface area (Å²) in [5.41, 5.74) is 2.83. The van der Waals surface area contributed by atoms with Gasteiger partial charge in [0.25, 0.3) is 5.79 Å². The number of nitrogens with zero attached hydrogens (tertiary/aromatic N) is 1. The van der Waals surface area contributed by atoms with Gasteiger partial charge in [0, 0.05) is 24.5 Å². The Hall–Kier alpha value is -1.56. The number of carbonyl (C=O) groups is 1. The minimum absolute atomic E-state index is 0. The van der Waals surface area contributed by atoms with E-state index in [1.807, 2.05) is 6.07 Å². The molecule has 2 aliphatic heterocycles. The molecule has 11 nitrogen and oxygen atoms in total. The van der Waals surface area contributed by atoms with Crippen molar-refractivity contribution in [3.8, 4) is 11.8 Å². The molecule has 1 aromatic carbocycles. The zero-order valence-electron chi connectivity index (χ0n) is 22.6.